The third-order valence-electron chi connectivity index (χ3n) is 5.84. The Labute approximate surface area is 191 Å². The maximum absolute atomic E-state index is 6.22. The Kier molecular flexibility index (Phi) is 5.14. The first-order valence-electron chi connectivity index (χ1n) is 10.8. The molecule has 0 aliphatic rings. The lowest BCUT2D eigenvalue weighted by Gasteiger charge is -2.30. The van der Waals surface area contributed by atoms with E-state index in [0.717, 1.165) is 33.3 Å². The van der Waals surface area contributed by atoms with Crippen molar-refractivity contribution in [1.82, 2.24) is 29.7 Å². The number of nitrogens with zero attached hydrogens (tertiary/aromatic N) is 5. The number of ether oxygens (including phenoxy) is 1. The molecule has 5 aromatic rings. The van der Waals surface area contributed by atoms with Gasteiger partial charge in [0.1, 0.15) is 11.2 Å². The summed E-state index contributed by atoms with van der Waals surface area (Å²) in [5.74, 6) is 0.190. The molecule has 0 spiro atoms. The number of aromatic nitrogens is 6. The Balaban J connectivity index is 1.65. The Morgan fingerprint density at radius 1 is 1.09 bits per heavy atom. The maximum Gasteiger partial charge on any atom is 0.220 e. The van der Waals surface area contributed by atoms with Crippen LogP contribution in [0.5, 0.6) is 0 Å². The molecular weight excluding hydrogens is 414 g/mol. The Hall–Kier alpha value is -4.04. The van der Waals surface area contributed by atoms with E-state index in [1.165, 1.54) is 0 Å². The molecule has 1 aromatic carbocycles. The topological polar surface area (TPSA) is 108 Å². The highest BCUT2D eigenvalue weighted by atomic mass is 16.5. The standard InChI is InChI=1S/C25H25N7O/c1-4-33-25(2,18-8-6-5-7-9-18)22-11-21(30-24(26)31-22)20-14-28-23-19(20)10-16(12-27-23)17-13-29-32(3)15-17/h5-15H,4H2,1-3H3,(H,27,28)(H2,26,30,31). The molecule has 0 saturated heterocycles. The van der Waals surface area contributed by atoms with Gasteiger partial charge in [0.05, 0.1) is 17.6 Å². The largest absolute Gasteiger partial charge is 0.368 e. The molecule has 166 valence electrons. The van der Waals surface area contributed by atoms with Crippen LogP contribution in [-0.2, 0) is 17.4 Å². The quantitative estimate of drug-likeness (QED) is 0.408. The first-order chi connectivity index (χ1) is 16.0. The van der Waals surface area contributed by atoms with Crippen LogP contribution in [0.1, 0.15) is 25.1 Å². The molecule has 3 N–H and O–H groups in total. The molecule has 0 amide bonds. The highest BCUT2D eigenvalue weighted by Crippen LogP contribution is 2.36. The van der Waals surface area contributed by atoms with Crippen LogP contribution in [0, 0.1) is 0 Å². The second-order valence-electron chi connectivity index (χ2n) is 8.05. The van der Waals surface area contributed by atoms with E-state index in [4.69, 9.17) is 10.5 Å². The van der Waals surface area contributed by atoms with E-state index in [1.54, 1.807) is 4.68 Å². The molecule has 8 heteroatoms. The summed E-state index contributed by atoms with van der Waals surface area (Å²) in [4.78, 5) is 16.9. The fourth-order valence-corrected chi connectivity index (χ4v) is 4.14. The molecule has 0 aliphatic heterocycles. The number of fused-ring (bicyclic) bond motifs is 1. The molecule has 0 aliphatic carbocycles. The number of aromatic amines is 1. The van der Waals surface area contributed by atoms with E-state index in [9.17, 15) is 0 Å². The van der Waals surface area contributed by atoms with Crippen molar-refractivity contribution in [1.29, 1.82) is 0 Å². The van der Waals surface area contributed by atoms with Gasteiger partial charge in [-0.2, -0.15) is 5.10 Å². The van der Waals surface area contributed by atoms with Gasteiger partial charge in [0, 0.05) is 54.3 Å². The summed E-state index contributed by atoms with van der Waals surface area (Å²) in [7, 11) is 1.89. The molecule has 33 heavy (non-hydrogen) atoms. The minimum absolute atomic E-state index is 0.190. The number of anilines is 1. The number of rotatable bonds is 6. The van der Waals surface area contributed by atoms with E-state index in [-0.39, 0.29) is 5.95 Å². The van der Waals surface area contributed by atoms with E-state index in [0.29, 0.717) is 18.0 Å². The predicted octanol–water partition coefficient (Wildman–Crippen LogP) is 4.30. The van der Waals surface area contributed by atoms with Gasteiger partial charge < -0.3 is 15.5 Å². The van der Waals surface area contributed by atoms with Crippen LogP contribution in [0.25, 0.3) is 33.4 Å². The Bertz CT molecular complexity index is 1420. The molecule has 4 aromatic heterocycles. The van der Waals surface area contributed by atoms with E-state index < -0.39 is 5.60 Å². The Morgan fingerprint density at radius 2 is 1.91 bits per heavy atom. The number of nitrogens with two attached hydrogens (primary N) is 1. The van der Waals surface area contributed by atoms with Gasteiger partial charge in [-0.05, 0) is 31.5 Å². The smallest absolute Gasteiger partial charge is 0.220 e. The first kappa shape index (κ1) is 20.8. The van der Waals surface area contributed by atoms with Gasteiger partial charge in [-0.15, -0.1) is 0 Å². The number of hydrogen-bond donors (Lipinski definition) is 2. The van der Waals surface area contributed by atoms with Gasteiger partial charge in [0.15, 0.2) is 0 Å². The van der Waals surface area contributed by atoms with Gasteiger partial charge in [-0.1, -0.05) is 30.3 Å². The van der Waals surface area contributed by atoms with Gasteiger partial charge in [-0.25, -0.2) is 15.0 Å². The molecule has 4 heterocycles. The van der Waals surface area contributed by atoms with Gasteiger partial charge in [0.25, 0.3) is 0 Å². The van der Waals surface area contributed by atoms with Crippen molar-refractivity contribution in [3.8, 4) is 22.4 Å². The average molecular weight is 440 g/mol. The lowest BCUT2D eigenvalue weighted by atomic mass is 9.91. The van der Waals surface area contributed by atoms with Crippen LogP contribution in [0.3, 0.4) is 0 Å². The lowest BCUT2D eigenvalue weighted by Crippen LogP contribution is -2.29. The molecule has 0 saturated carbocycles. The minimum atomic E-state index is -0.771. The van der Waals surface area contributed by atoms with Crippen molar-refractivity contribution in [2.75, 3.05) is 12.3 Å². The summed E-state index contributed by atoms with van der Waals surface area (Å²) in [6.45, 7) is 4.50. The van der Waals surface area contributed by atoms with Crippen LogP contribution >= 0.6 is 0 Å². The highest BCUT2D eigenvalue weighted by Gasteiger charge is 2.32. The molecule has 8 nitrogen and oxygen atoms in total. The van der Waals surface area contributed by atoms with Crippen LogP contribution < -0.4 is 5.73 Å². The third-order valence-corrected chi connectivity index (χ3v) is 5.84. The van der Waals surface area contributed by atoms with Crippen molar-refractivity contribution in [3.63, 3.8) is 0 Å². The fraction of sp³-hybridized carbons (Fsp3) is 0.200. The fourth-order valence-electron chi connectivity index (χ4n) is 4.14. The van der Waals surface area contributed by atoms with E-state index in [2.05, 4.69) is 31.1 Å². The summed E-state index contributed by atoms with van der Waals surface area (Å²) >= 11 is 0. The lowest BCUT2D eigenvalue weighted by molar-refractivity contribution is 0.000860. The molecule has 0 fully saturated rings. The van der Waals surface area contributed by atoms with Gasteiger partial charge >= 0.3 is 0 Å². The second kappa shape index (κ2) is 8.14. The molecule has 5 rings (SSSR count). The van der Waals surface area contributed by atoms with Crippen molar-refractivity contribution in [3.05, 3.63) is 78.5 Å². The van der Waals surface area contributed by atoms with Crippen molar-refractivity contribution in [2.24, 2.45) is 7.05 Å². The van der Waals surface area contributed by atoms with Crippen LogP contribution in [0.4, 0.5) is 5.95 Å². The summed E-state index contributed by atoms with van der Waals surface area (Å²) in [6, 6.07) is 14.1. The van der Waals surface area contributed by atoms with Crippen LogP contribution in [0.15, 0.2) is 67.3 Å². The normalized spacial score (nSPS) is 13.3. The summed E-state index contributed by atoms with van der Waals surface area (Å²) < 4.78 is 7.99. The Morgan fingerprint density at radius 3 is 2.64 bits per heavy atom. The number of benzene rings is 1. The summed E-state index contributed by atoms with van der Waals surface area (Å²) in [5.41, 5.74) is 11.5. The molecular formula is C25H25N7O. The average Bonchev–Trinajstić information content (AvgIpc) is 3.45. The summed E-state index contributed by atoms with van der Waals surface area (Å²) in [5, 5.41) is 5.21. The zero-order valence-electron chi connectivity index (χ0n) is 18.8. The molecule has 1 atom stereocenters. The second-order valence-corrected chi connectivity index (χ2v) is 8.05. The number of aryl methyl sites for hydroxylation is 1. The number of hydrogen-bond acceptors (Lipinski definition) is 6. The van der Waals surface area contributed by atoms with Gasteiger partial charge in [-0.3, -0.25) is 4.68 Å². The predicted molar refractivity (Wildman–Crippen MR) is 128 cm³/mol. The minimum Gasteiger partial charge on any atom is -0.368 e. The van der Waals surface area contributed by atoms with E-state index in [1.807, 2.05) is 82.1 Å². The zero-order chi connectivity index (χ0) is 23.0. The number of H-pyrrole nitrogens is 1. The SMILES string of the molecule is CCOC(C)(c1ccccc1)c1cc(-c2c[nH]c3ncc(-c4cnn(C)c4)cc23)nc(N)n1. The summed E-state index contributed by atoms with van der Waals surface area (Å²) in [6.07, 6.45) is 7.52. The van der Waals surface area contributed by atoms with Crippen molar-refractivity contribution < 1.29 is 4.74 Å². The number of nitrogen functional groups attached to an aromatic ring is 1. The maximum atomic E-state index is 6.22. The van der Waals surface area contributed by atoms with Gasteiger partial charge in [0.2, 0.25) is 5.95 Å². The molecule has 0 bridgehead atoms. The highest BCUT2D eigenvalue weighted by molar-refractivity contribution is 5.95. The van der Waals surface area contributed by atoms with E-state index >= 15 is 0 Å². The number of pyridine rings is 1. The first-order valence-corrected chi connectivity index (χ1v) is 10.8. The molecule has 0 radical (unpaired) electrons. The number of nitrogens with one attached hydrogen (secondary N) is 1. The van der Waals surface area contributed by atoms with Crippen LogP contribution in [-0.4, -0.2) is 36.3 Å². The zero-order valence-corrected chi connectivity index (χ0v) is 18.8. The monoisotopic (exact) mass is 439 g/mol. The van der Waals surface area contributed by atoms with Crippen molar-refractivity contribution >= 4 is 17.0 Å². The van der Waals surface area contributed by atoms with Crippen LogP contribution in [0.2, 0.25) is 0 Å². The third kappa shape index (κ3) is 3.74. The molecule has 1 unspecified atom stereocenters. The van der Waals surface area contributed by atoms with Crippen molar-refractivity contribution in [2.45, 2.75) is 19.4 Å².